The lowest BCUT2D eigenvalue weighted by Crippen LogP contribution is -2.37. The Kier molecular flexibility index (Phi) is 4.26. The average Bonchev–Trinajstić information content (AvgIpc) is 3.52. The summed E-state index contributed by atoms with van der Waals surface area (Å²) in [7, 11) is 0. The molecule has 3 aromatic rings. The first-order valence-corrected chi connectivity index (χ1v) is 9.77. The molecule has 0 bridgehead atoms. The predicted octanol–water partition coefficient (Wildman–Crippen LogP) is 2.32. The maximum absolute atomic E-state index is 14.0. The fraction of sp³-hybridized carbons (Fsp3) is 0.333. The van der Waals surface area contributed by atoms with E-state index >= 15 is 0 Å². The quantitative estimate of drug-likeness (QED) is 0.712. The van der Waals surface area contributed by atoms with Crippen molar-refractivity contribution in [2.45, 2.75) is 32.4 Å². The fourth-order valence-corrected chi connectivity index (χ4v) is 3.86. The lowest BCUT2D eigenvalue weighted by Gasteiger charge is -2.27. The summed E-state index contributed by atoms with van der Waals surface area (Å²) in [5.74, 6) is -0.347. The number of benzene rings is 1. The molecule has 1 fully saturated rings. The van der Waals surface area contributed by atoms with Crippen LogP contribution in [-0.2, 0) is 24.3 Å². The fourth-order valence-electron chi connectivity index (χ4n) is 3.86. The number of amides is 2. The van der Waals surface area contributed by atoms with Crippen molar-refractivity contribution in [2.24, 2.45) is 5.92 Å². The van der Waals surface area contributed by atoms with Crippen molar-refractivity contribution in [2.75, 3.05) is 6.54 Å². The molecule has 0 radical (unpaired) electrons. The number of carbonyl (C=O) groups excluding carboxylic acids is 2. The van der Waals surface area contributed by atoms with Crippen LogP contribution in [0.3, 0.4) is 0 Å². The minimum atomic E-state index is -0.411. The summed E-state index contributed by atoms with van der Waals surface area (Å²) in [5, 5.41) is 10.5. The van der Waals surface area contributed by atoms with Crippen LogP contribution in [0, 0.1) is 11.7 Å². The van der Waals surface area contributed by atoms with Crippen molar-refractivity contribution < 1.29 is 14.0 Å². The summed E-state index contributed by atoms with van der Waals surface area (Å²) in [5.41, 5.74) is 3.36. The zero-order valence-corrected chi connectivity index (χ0v) is 15.7. The number of H-pyrrole nitrogens is 1. The van der Waals surface area contributed by atoms with Gasteiger partial charge in [0.2, 0.25) is 5.91 Å². The van der Waals surface area contributed by atoms with Crippen molar-refractivity contribution in [3.05, 3.63) is 58.8 Å². The van der Waals surface area contributed by atoms with E-state index in [2.05, 4.69) is 20.5 Å². The first-order chi connectivity index (χ1) is 14.1. The zero-order valence-electron chi connectivity index (χ0n) is 15.7. The number of rotatable bonds is 4. The van der Waals surface area contributed by atoms with Crippen LogP contribution in [0.15, 0.2) is 30.5 Å². The van der Waals surface area contributed by atoms with Crippen molar-refractivity contribution in [1.29, 1.82) is 0 Å². The summed E-state index contributed by atoms with van der Waals surface area (Å²) in [4.78, 5) is 31.2. The van der Waals surface area contributed by atoms with E-state index in [1.54, 1.807) is 12.1 Å². The Labute approximate surface area is 166 Å². The Morgan fingerprint density at radius 1 is 1.28 bits per heavy atom. The molecular weight excluding hydrogens is 373 g/mol. The first kappa shape index (κ1) is 17.8. The molecule has 148 valence electrons. The SMILES string of the molecule is O=C(NCc1n[nH]c2c1CN(C(=O)C1CC1)CC2)c1ccc(F)c2cccnc12. The van der Waals surface area contributed by atoms with E-state index in [0.717, 1.165) is 36.2 Å². The van der Waals surface area contributed by atoms with Gasteiger partial charge < -0.3 is 10.2 Å². The molecule has 0 atom stereocenters. The van der Waals surface area contributed by atoms with Crippen molar-refractivity contribution in [3.8, 4) is 0 Å². The Bertz CT molecular complexity index is 1120. The standard InChI is InChI=1S/C21H20FN5O2/c22-16-6-5-14(19-13(16)2-1-8-23-19)20(28)24-10-18-15-11-27(21(29)12-3-4-12)9-7-17(15)25-26-18/h1-2,5-6,8,12H,3-4,7,9-11H2,(H,24,28)(H,25,26). The van der Waals surface area contributed by atoms with Crippen molar-refractivity contribution in [1.82, 2.24) is 25.4 Å². The number of hydrogen-bond acceptors (Lipinski definition) is 4. The highest BCUT2D eigenvalue weighted by atomic mass is 19.1. The van der Waals surface area contributed by atoms with E-state index in [-0.39, 0.29) is 24.3 Å². The van der Waals surface area contributed by atoms with Gasteiger partial charge in [-0.05, 0) is 37.1 Å². The molecule has 1 aliphatic carbocycles. The van der Waals surface area contributed by atoms with Gasteiger partial charge in [0.1, 0.15) is 5.82 Å². The minimum Gasteiger partial charge on any atom is -0.346 e. The van der Waals surface area contributed by atoms with Gasteiger partial charge in [-0.2, -0.15) is 5.10 Å². The van der Waals surface area contributed by atoms with Crippen molar-refractivity contribution >= 4 is 22.7 Å². The number of hydrogen-bond donors (Lipinski definition) is 2. The molecule has 5 rings (SSSR count). The highest BCUT2D eigenvalue weighted by molar-refractivity contribution is 6.05. The summed E-state index contributed by atoms with van der Waals surface area (Å²) < 4.78 is 14.0. The number of aromatic nitrogens is 3. The van der Waals surface area contributed by atoms with Gasteiger partial charge in [-0.3, -0.25) is 19.7 Å². The zero-order chi connectivity index (χ0) is 20.0. The number of halogens is 1. The average molecular weight is 393 g/mol. The second kappa shape index (κ2) is 6.95. The van der Waals surface area contributed by atoms with Gasteiger partial charge in [0, 0.05) is 48.3 Å². The Morgan fingerprint density at radius 2 is 2.14 bits per heavy atom. The first-order valence-electron chi connectivity index (χ1n) is 9.77. The lowest BCUT2D eigenvalue weighted by atomic mass is 10.0. The molecule has 0 spiro atoms. The number of nitrogens with zero attached hydrogens (tertiary/aromatic N) is 3. The van der Waals surface area contributed by atoms with Crippen LogP contribution < -0.4 is 5.32 Å². The van der Waals surface area contributed by atoms with Crippen LogP contribution in [0.2, 0.25) is 0 Å². The number of carbonyl (C=O) groups is 2. The molecule has 0 saturated heterocycles. The van der Waals surface area contributed by atoms with E-state index in [1.165, 1.54) is 18.3 Å². The van der Waals surface area contributed by atoms with Gasteiger partial charge in [-0.15, -0.1) is 0 Å². The lowest BCUT2D eigenvalue weighted by molar-refractivity contribution is -0.133. The van der Waals surface area contributed by atoms with Crippen LogP contribution in [-0.4, -0.2) is 38.4 Å². The van der Waals surface area contributed by atoms with Crippen LogP contribution in [0.1, 0.15) is 40.2 Å². The summed E-state index contributed by atoms with van der Waals surface area (Å²) in [6.07, 6.45) is 4.24. The maximum atomic E-state index is 14.0. The maximum Gasteiger partial charge on any atom is 0.253 e. The molecular formula is C21H20FN5O2. The largest absolute Gasteiger partial charge is 0.346 e. The van der Waals surface area contributed by atoms with Gasteiger partial charge in [-0.25, -0.2) is 4.39 Å². The van der Waals surface area contributed by atoms with Gasteiger partial charge in [0.15, 0.2) is 0 Å². The van der Waals surface area contributed by atoms with E-state index in [4.69, 9.17) is 0 Å². The number of nitrogens with one attached hydrogen (secondary N) is 2. The Hall–Kier alpha value is -3.29. The molecule has 7 nitrogen and oxygen atoms in total. The van der Waals surface area contributed by atoms with Crippen LogP contribution in [0.4, 0.5) is 4.39 Å². The summed E-state index contributed by atoms with van der Waals surface area (Å²) >= 11 is 0. The van der Waals surface area contributed by atoms with E-state index < -0.39 is 5.82 Å². The van der Waals surface area contributed by atoms with Crippen LogP contribution in [0.5, 0.6) is 0 Å². The molecule has 2 aliphatic rings. The molecule has 8 heteroatoms. The molecule has 2 amide bonds. The van der Waals surface area contributed by atoms with E-state index in [9.17, 15) is 14.0 Å². The minimum absolute atomic E-state index is 0.186. The molecule has 2 aromatic heterocycles. The smallest absolute Gasteiger partial charge is 0.253 e. The third-order valence-corrected chi connectivity index (χ3v) is 5.63. The Morgan fingerprint density at radius 3 is 2.97 bits per heavy atom. The van der Waals surface area contributed by atoms with Gasteiger partial charge in [-0.1, -0.05) is 0 Å². The molecule has 1 aliphatic heterocycles. The Balaban J connectivity index is 1.33. The van der Waals surface area contributed by atoms with Crippen molar-refractivity contribution in [3.63, 3.8) is 0 Å². The highest BCUT2D eigenvalue weighted by Crippen LogP contribution is 2.33. The summed E-state index contributed by atoms with van der Waals surface area (Å²) in [6.45, 7) is 1.44. The van der Waals surface area contributed by atoms with Crippen LogP contribution in [0.25, 0.3) is 10.9 Å². The second-order valence-electron chi connectivity index (χ2n) is 7.59. The third-order valence-electron chi connectivity index (χ3n) is 5.63. The molecule has 2 N–H and O–H groups in total. The third kappa shape index (κ3) is 3.24. The van der Waals surface area contributed by atoms with E-state index in [0.29, 0.717) is 29.6 Å². The topological polar surface area (TPSA) is 91.0 Å². The molecule has 1 saturated carbocycles. The summed E-state index contributed by atoms with van der Waals surface area (Å²) in [6, 6.07) is 5.95. The highest BCUT2D eigenvalue weighted by Gasteiger charge is 2.35. The number of pyridine rings is 1. The monoisotopic (exact) mass is 393 g/mol. The van der Waals surface area contributed by atoms with Gasteiger partial charge >= 0.3 is 0 Å². The number of aromatic amines is 1. The normalized spacial score (nSPS) is 16.0. The molecule has 1 aromatic carbocycles. The predicted molar refractivity (Wildman–Crippen MR) is 103 cm³/mol. The number of fused-ring (bicyclic) bond motifs is 2. The molecule has 29 heavy (non-hydrogen) atoms. The van der Waals surface area contributed by atoms with Gasteiger partial charge in [0.25, 0.3) is 5.91 Å². The van der Waals surface area contributed by atoms with Crippen LogP contribution >= 0.6 is 0 Å². The van der Waals surface area contributed by atoms with E-state index in [1.807, 2.05) is 4.90 Å². The molecule has 0 unspecified atom stereocenters. The molecule has 3 heterocycles. The van der Waals surface area contributed by atoms with Gasteiger partial charge in [0.05, 0.1) is 23.3 Å². The second-order valence-corrected chi connectivity index (χ2v) is 7.59.